The number of aliphatic hydroxyl groups excluding tert-OH is 1. The quantitative estimate of drug-likeness (QED) is 0.348. The van der Waals surface area contributed by atoms with Crippen LogP contribution in [0.15, 0.2) is 11.8 Å². The van der Waals surface area contributed by atoms with Gasteiger partial charge in [0, 0.05) is 12.5 Å². The Labute approximate surface area is 77.2 Å². The zero-order valence-corrected chi connectivity index (χ0v) is 5.14. The van der Waals surface area contributed by atoms with Crippen LogP contribution in [-0.4, -0.2) is 40.4 Å². The monoisotopic (exact) mass is 138 g/mol. The second-order valence-corrected chi connectivity index (χ2v) is 1.60. The third kappa shape index (κ3) is 8.21. The second kappa shape index (κ2) is 6.33. The minimum absolute atomic E-state index is 0. The summed E-state index contributed by atoms with van der Waals surface area (Å²) in [6.07, 6.45) is 1.75. The number of hydrogen-bond donors (Lipinski definition) is 1. The van der Waals surface area contributed by atoms with E-state index in [1.165, 1.54) is 13.0 Å². The molecule has 1 N–H and O–H groups in total. The van der Waals surface area contributed by atoms with Crippen molar-refractivity contribution in [3.05, 3.63) is 11.8 Å². The molecule has 2 nitrogen and oxygen atoms in total. The Bertz CT molecular complexity index is 118. The molecule has 0 aliphatic carbocycles. The van der Waals surface area contributed by atoms with Crippen molar-refractivity contribution < 1.29 is 9.90 Å². The van der Waals surface area contributed by atoms with Crippen LogP contribution in [0.4, 0.5) is 0 Å². The van der Waals surface area contributed by atoms with E-state index in [0.717, 1.165) is 0 Å². The van der Waals surface area contributed by atoms with E-state index in [2.05, 4.69) is 0 Å². The third-order valence-corrected chi connectivity index (χ3v) is 0.732. The predicted molar refractivity (Wildman–Crippen MR) is 38.8 cm³/mol. The van der Waals surface area contributed by atoms with E-state index >= 15 is 0 Å². The Morgan fingerprint density at radius 1 is 1.67 bits per heavy atom. The number of aliphatic hydroxyl groups is 1. The predicted octanol–water partition coefficient (Wildman–Crippen LogP) is 0.779. The van der Waals surface area contributed by atoms with Gasteiger partial charge in [-0.05, 0) is 6.92 Å². The van der Waals surface area contributed by atoms with E-state index in [1.54, 1.807) is 6.92 Å². The van der Waals surface area contributed by atoms with Crippen molar-refractivity contribution in [2.75, 3.05) is 0 Å². The average molecular weight is 138 g/mol. The number of rotatable bonds is 2. The van der Waals surface area contributed by atoms with Crippen molar-refractivity contribution in [2.24, 2.45) is 0 Å². The van der Waals surface area contributed by atoms with Gasteiger partial charge in [-0.1, -0.05) is 6.92 Å². The summed E-state index contributed by atoms with van der Waals surface area (Å²) in [5.41, 5.74) is 0. The van der Waals surface area contributed by atoms with E-state index < -0.39 is 0 Å². The van der Waals surface area contributed by atoms with Crippen LogP contribution in [0.3, 0.4) is 0 Å². The zero-order valence-electron chi connectivity index (χ0n) is 5.14. The van der Waals surface area contributed by atoms with Crippen molar-refractivity contribution in [1.82, 2.24) is 0 Å². The normalized spacial score (nSPS) is 10.2. The molecule has 0 heterocycles. The van der Waals surface area contributed by atoms with Crippen LogP contribution >= 0.6 is 0 Å². The van der Waals surface area contributed by atoms with Crippen LogP contribution in [0.2, 0.25) is 0 Å². The Balaban J connectivity index is 0. The minimum atomic E-state index is -0.107. The molecule has 0 spiro atoms. The molecule has 0 radical (unpaired) electrons. The van der Waals surface area contributed by atoms with Gasteiger partial charge in [0.2, 0.25) is 0 Å². The summed E-state index contributed by atoms with van der Waals surface area (Å²) in [5, 5.41) is 8.67. The first-order chi connectivity index (χ1) is 3.66. The SMILES string of the molecule is CCC(O)=CC(C)=O.[NaH]. The van der Waals surface area contributed by atoms with Crippen LogP contribution < -0.4 is 0 Å². The molecule has 0 fully saturated rings. The first-order valence-electron chi connectivity index (χ1n) is 2.57. The molecule has 0 bridgehead atoms. The van der Waals surface area contributed by atoms with Crippen LogP contribution in [0, 0.1) is 0 Å². The molecule has 0 saturated carbocycles. The summed E-state index contributed by atoms with van der Waals surface area (Å²) < 4.78 is 0. The van der Waals surface area contributed by atoms with E-state index in [9.17, 15) is 4.79 Å². The van der Waals surface area contributed by atoms with Gasteiger partial charge in [0.15, 0.2) is 5.78 Å². The molecular weight excluding hydrogens is 127 g/mol. The van der Waals surface area contributed by atoms with Gasteiger partial charge in [-0.25, -0.2) is 0 Å². The number of carbonyl (C=O) groups excluding carboxylic acids is 1. The van der Waals surface area contributed by atoms with Gasteiger partial charge in [0.25, 0.3) is 0 Å². The number of carbonyl (C=O) groups is 1. The number of allylic oxidation sites excluding steroid dienone is 2. The van der Waals surface area contributed by atoms with Crippen LogP contribution in [0.25, 0.3) is 0 Å². The molecule has 0 aromatic heterocycles. The van der Waals surface area contributed by atoms with Crippen LogP contribution in [0.5, 0.6) is 0 Å². The Morgan fingerprint density at radius 3 is 2.22 bits per heavy atom. The molecule has 0 aliphatic rings. The van der Waals surface area contributed by atoms with Crippen molar-refractivity contribution in [3.8, 4) is 0 Å². The zero-order chi connectivity index (χ0) is 6.57. The molecule has 0 aromatic rings. The number of ketones is 1. The van der Waals surface area contributed by atoms with Crippen LogP contribution in [0.1, 0.15) is 20.3 Å². The Hall–Kier alpha value is 0.210. The van der Waals surface area contributed by atoms with Gasteiger partial charge in [-0.3, -0.25) is 4.79 Å². The second-order valence-electron chi connectivity index (χ2n) is 1.60. The fraction of sp³-hybridized carbons (Fsp3) is 0.500. The molecule has 3 heteroatoms. The standard InChI is InChI=1S/C6H10O2.Na.H/c1-3-6(8)4-5(2)7;;/h4,8H,3H2,1-2H3;;. The molecule has 0 saturated heterocycles. The fourth-order valence-electron chi connectivity index (χ4n) is 0.337. The van der Waals surface area contributed by atoms with Gasteiger partial charge in [-0.2, -0.15) is 0 Å². The topological polar surface area (TPSA) is 37.3 Å². The molecule has 0 amide bonds. The first kappa shape index (κ1) is 11.9. The Morgan fingerprint density at radius 2 is 2.11 bits per heavy atom. The molecule has 0 aromatic carbocycles. The summed E-state index contributed by atoms with van der Waals surface area (Å²) in [6, 6.07) is 0. The van der Waals surface area contributed by atoms with E-state index in [4.69, 9.17) is 5.11 Å². The van der Waals surface area contributed by atoms with Crippen LogP contribution in [-0.2, 0) is 4.79 Å². The molecular formula is C6H11NaO2. The molecule has 0 rings (SSSR count). The average Bonchev–Trinajstić information content (AvgIpc) is 1.65. The van der Waals surface area contributed by atoms with E-state index in [0.29, 0.717) is 6.42 Å². The first-order valence-corrected chi connectivity index (χ1v) is 2.57. The molecule has 48 valence electrons. The molecule has 9 heavy (non-hydrogen) atoms. The third-order valence-electron chi connectivity index (χ3n) is 0.732. The van der Waals surface area contributed by atoms with E-state index in [-0.39, 0.29) is 41.1 Å². The summed E-state index contributed by atoms with van der Waals surface area (Å²) >= 11 is 0. The van der Waals surface area contributed by atoms with Gasteiger partial charge < -0.3 is 5.11 Å². The summed E-state index contributed by atoms with van der Waals surface area (Å²) in [5.74, 6) is 0.0434. The van der Waals surface area contributed by atoms with Crippen molar-refractivity contribution in [2.45, 2.75) is 20.3 Å². The Kier molecular flexibility index (Phi) is 8.40. The molecule has 0 unspecified atom stereocenters. The van der Waals surface area contributed by atoms with Crippen molar-refractivity contribution in [3.63, 3.8) is 0 Å². The number of hydrogen-bond acceptors (Lipinski definition) is 2. The molecule has 0 aliphatic heterocycles. The van der Waals surface area contributed by atoms with Gasteiger partial charge >= 0.3 is 29.6 Å². The maximum atomic E-state index is 10.2. The summed E-state index contributed by atoms with van der Waals surface area (Å²) in [6.45, 7) is 3.20. The molecule has 0 atom stereocenters. The van der Waals surface area contributed by atoms with Crippen molar-refractivity contribution >= 4 is 35.3 Å². The fourth-order valence-corrected chi connectivity index (χ4v) is 0.337. The summed E-state index contributed by atoms with van der Waals surface area (Å²) in [4.78, 5) is 10.2. The van der Waals surface area contributed by atoms with E-state index in [1.807, 2.05) is 0 Å². The van der Waals surface area contributed by atoms with Gasteiger partial charge in [-0.15, -0.1) is 0 Å². The van der Waals surface area contributed by atoms with Gasteiger partial charge in [0.05, 0.1) is 5.76 Å². The summed E-state index contributed by atoms with van der Waals surface area (Å²) in [7, 11) is 0. The van der Waals surface area contributed by atoms with Gasteiger partial charge in [0.1, 0.15) is 0 Å². The maximum absolute atomic E-state index is 10.2. The van der Waals surface area contributed by atoms with Crippen molar-refractivity contribution in [1.29, 1.82) is 0 Å².